The molecule has 2 aromatic rings. The second-order valence-electron chi connectivity index (χ2n) is 3.93. The molecule has 0 bridgehead atoms. The molecule has 18 heavy (non-hydrogen) atoms. The summed E-state index contributed by atoms with van der Waals surface area (Å²) >= 11 is 0. The Morgan fingerprint density at radius 2 is 1.94 bits per heavy atom. The largest absolute Gasteiger partial charge is 0.370 e. The van der Waals surface area contributed by atoms with Crippen molar-refractivity contribution in [1.29, 1.82) is 0 Å². The molecule has 1 heterocycles. The van der Waals surface area contributed by atoms with E-state index in [4.69, 9.17) is 0 Å². The van der Waals surface area contributed by atoms with Crippen molar-refractivity contribution in [2.45, 2.75) is 13.8 Å². The fourth-order valence-corrected chi connectivity index (χ4v) is 1.56. The van der Waals surface area contributed by atoms with Gasteiger partial charge in [-0.2, -0.15) is 0 Å². The van der Waals surface area contributed by atoms with E-state index in [-0.39, 0.29) is 5.82 Å². The fourth-order valence-electron chi connectivity index (χ4n) is 1.56. The Bertz CT molecular complexity index is 542. The van der Waals surface area contributed by atoms with E-state index in [2.05, 4.69) is 20.6 Å². The Labute approximate surface area is 105 Å². The van der Waals surface area contributed by atoms with E-state index in [1.54, 1.807) is 12.1 Å². The Morgan fingerprint density at radius 3 is 2.67 bits per heavy atom. The van der Waals surface area contributed by atoms with Crippen LogP contribution in [0.15, 0.2) is 30.6 Å². The van der Waals surface area contributed by atoms with Gasteiger partial charge in [-0.3, -0.25) is 0 Å². The number of anilines is 3. The standard InChI is InChI=1S/C13H15FN4/c1-3-15-12-7-13(17-8-16-12)18-11-5-4-9(2)6-10(11)14/h4-8H,3H2,1-2H3,(H2,15,16,17,18). The van der Waals surface area contributed by atoms with Crippen LogP contribution in [0.5, 0.6) is 0 Å². The van der Waals surface area contributed by atoms with Crippen LogP contribution in [0.2, 0.25) is 0 Å². The number of halogens is 1. The molecular weight excluding hydrogens is 231 g/mol. The summed E-state index contributed by atoms with van der Waals surface area (Å²) in [6.45, 7) is 4.60. The minimum absolute atomic E-state index is 0.293. The maximum atomic E-state index is 13.7. The molecule has 0 unspecified atom stereocenters. The van der Waals surface area contributed by atoms with Crippen molar-refractivity contribution in [2.24, 2.45) is 0 Å². The summed E-state index contributed by atoms with van der Waals surface area (Å²) in [6.07, 6.45) is 1.44. The molecule has 0 saturated heterocycles. The van der Waals surface area contributed by atoms with Crippen LogP contribution in [-0.4, -0.2) is 16.5 Å². The minimum Gasteiger partial charge on any atom is -0.370 e. The number of nitrogens with zero attached hydrogens (tertiary/aromatic N) is 2. The van der Waals surface area contributed by atoms with E-state index in [1.807, 2.05) is 19.9 Å². The van der Waals surface area contributed by atoms with Crippen LogP contribution in [0.4, 0.5) is 21.7 Å². The van der Waals surface area contributed by atoms with Crippen molar-refractivity contribution >= 4 is 17.3 Å². The molecule has 0 atom stereocenters. The van der Waals surface area contributed by atoms with Crippen molar-refractivity contribution in [2.75, 3.05) is 17.2 Å². The number of hydrogen-bond donors (Lipinski definition) is 2. The van der Waals surface area contributed by atoms with Crippen molar-refractivity contribution in [3.05, 3.63) is 42.0 Å². The van der Waals surface area contributed by atoms with E-state index in [0.29, 0.717) is 17.3 Å². The van der Waals surface area contributed by atoms with E-state index in [0.717, 1.165) is 12.1 Å². The molecule has 0 spiro atoms. The molecule has 1 aromatic carbocycles. The minimum atomic E-state index is -0.293. The van der Waals surface area contributed by atoms with Gasteiger partial charge in [0.25, 0.3) is 0 Å². The lowest BCUT2D eigenvalue weighted by Crippen LogP contribution is -2.02. The van der Waals surface area contributed by atoms with E-state index in [1.165, 1.54) is 12.4 Å². The second kappa shape index (κ2) is 5.44. The Kier molecular flexibility index (Phi) is 3.72. The Morgan fingerprint density at radius 1 is 1.17 bits per heavy atom. The molecule has 1 aromatic heterocycles. The van der Waals surface area contributed by atoms with Gasteiger partial charge in [0.1, 0.15) is 23.8 Å². The molecule has 0 aliphatic rings. The summed E-state index contributed by atoms with van der Waals surface area (Å²) in [5.74, 6) is 0.977. The lowest BCUT2D eigenvalue weighted by molar-refractivity contribution is 0.630. The molecular formula is C13H15FN4. The summed E-state index contributed by atoms with van der Waals surface area (Å²) in [4.78, 5) is 8.10. The molecule has 0 amide bonds. The Hall–Kier alpha value is -2.17. The third-order valence-electron chi connectivity index (χ3n) is 2.41. The van der Waals surface area contributed by atoms with Gasteiger partial charge in [-0.15, -0.1) is 0 Å². The highest BCUT2D eigenvalue weighted by Crippen LogP contribution is 2.20. The van der Waals surface area contributed by atoms with Gasteiger partial charge in [-0.25, -0.2) is 14.4 Å². The van der Waals surface area contributed by atoms with Crippen LogP contribution < -0.4 is 10.6 Å². The molecule has 5 heteroatoms. The molecule has 0 radical (unpaired) electrons. The predicted octanol–water partition coefficient (Wildman–Crippen LogP) is 3.10. The van der Waals surface area contributed by atoms with Gasteiger partial charge in [0.15, 0.2) is 0 Å². The molecule has 4 nitrogen and oxygen atoms in total. The van der Waals surface area contributed by atoms with E-state index >= 15 is 0 Å². The number of benzene rings is 1. The first-order valence-corrected chi connectivity index (χ1v) is 5.78. The number of aryl methyl sites for hydroxylation is 1. The highest BCUT2D eigenvalue weighted by atomic mass is 19.1. The highest BCUT2D eigenvalue weighted by molar-refractivity contribution is 5.59. The van der Waals surface area contributed by atoms with Crippen LogP contribution in [-0.2, 0) is 0 Å². The molecule has 0 saturated carbocycles. The van der Waals surface area contributed by atoms with Gasteiger partial charge in [-0.1, -0.05) is 6.07 Å². The first-order chi connectivity index (χ1) is 8.69. The van der Waals surface area contributed by atoms with Crippen molar-refractivity contribution in [3.63, 3.8) is 0 Å². The van der Waals surface area contributed by atoms with Crippen LogP contribution >= 0.6 is 0 Å². The quantitative estimate of drug-likeness (QED) is 0.870. The van der Waals surface area contributed by atoms with Crippen molar-refractivity contribution in [3.8, 4) is 0 Å². The highest BCUT2D eigenvalue weighted by Gasteiger charge is 2.04. The zero-order chi connectivity index (χ0) is 13.0. The van der Waals surface area contributed by atoms with Gasteiger partial charge in [0.2, 0.25) is 0 Å². The number of rotatable bonds is 4. The second-order valence-corrected chi connectivity index (χ2v) is 3.93. The zero-order valence-electron chi connectivity index (χ0n) is 10.4. The molecule has 0 fully saturated rings. The molecule has 94 valence electrons. The fraction of sp³-hybridized carbons (Fsp3) is 0.231. The van der Waals surface area contributed by atoms with Crippen LogP contribution in [0.3, 0.4) is 0 Å². The molecule has 2 rings (SSSR count). The van der Waals surface area contributed by atoms with E-state index in [9.17, 15) is 4.39 Å². The number of nitrogens with one attached hydrogen (secondary N) is 2. The lowest BCUT2D eigenvalue weighted by Gasteiger charge is -2.08. The van der Waals surface area contributed by atoms with Gasteiger partial charge >= 0.3 is 0 Å². The van der Waals surface area contributed by atoms with Gasteiger partial charge in [-0.05, 0) is 31.5 Å². The number of hydrogen-bond acceptors (Lipinski definition) is 4. The van der Waals surface area contributed by atoms with Crippen molar-refractivity contribution < 1.29 is 4.39 Å². The molecule has 0 aliphatic carbocycles. The summed E-state index contributed by atoms with van der Waals surface area (Å²) in [5.41, 5.74) is 1.29. The first kappa shape index (κ1) is 12.3. The van der Waals surface area contributed by atoms with E-state index < -0.39 is 0 Å². The van der Waals surface area contributed by atoms with Crippen LogP contribution in [0.25, 0.3) is 0 Å². The normalized spacial score (nSPS) is 10.2. The topological polar surface area (TPSA) is 49.8 Å². The van der Waals surface area contributed by atoms with Gasteiger partial charge in [0.05, 0.1) is 5.69 Å². The Balaban J connectivity index is 2.20. The summed E-state index contributed by atoms with van der Waals surface area (Å²) < 4.78 is 13.7. The van der Waals surface area contributed by atoms with Crippen LogP contribution in [0, 0.1) is 12.7 Å². The molecule has 2 N–H and O–H groups in total. The lowest BCUT2D eigenvalue weighted by atomic mass is 10.2. The third-order valence-corrected chi connectivity index (χ3v) is 2.41. The first-order valence-electron chi connectivity index (χ1n) is 5.78. The monoisotopic (exact) mass is 246 g/mol. The molecule has 0 aliphatic heterocycles. The zero-order valence-corrected chi connectivity index (χ0v) is 10.4. The van der Waals surface area contributed by atoms with Gasteiger partial charge < -0.3 is 10.6 Å². The van der Waals surface area contributed by atoms with Crippen LogP contribution in [0.1, 0.15) is 12.5 Å². The maximum Gasteiger partial charge on any atom is 0.146 e. The SMILES string of the molecule is CCNc1cc(Nc2ccc(C)cc2F)ncn1. The average Bonchev–Trinajstić information content (AvgIpc) is 2.34. The third kappa shape index (κ3) is 2.94. The summed E-state index contributed by atoms with van der Waals surface area (Å²) in [6, 6.07) is 6.76. The average molecular weight is 246 g/mol. The smallest absolute Gasteiger partial charge is 0.146 e. The number of aromatic nitrogens is 2. The van der Waals surface area contributed by atoms with Gasteiger partial charge in [0, 0.05) is 12.6 Å². The summed E-state index contributed by atoms with van der Waals surface area (Å²) in [7, 11) is 0. The predicted molar refractivity (Wildman–Crippen MR) is 70.6 cm³/mol. The maximum absolute atomic E-state index is 13.7. The summed E-state index contributed by atoms with van der Waals surface area (Å²) in [5, 5.41) is 6.00. The van der Waals surface area contributed by atoms with Crippen molar-refractivity contribution in [1.82, 2.24) is 9.97 Å².